The summed E-state index contributed by atoms with van der Waals surface area (Å²) in [4.78, 5) is 72.6. The number of rotatable bonds is 78. The molecule has 0 spiro atoms. The number of aliphatic hydroxyl groups is 1. The van der Waals surface area contributed by atoms with Gasteiger partial charge >= 0.3 is 39.5 Å². The van der Waals surface area contributed by atoms with Gasteiger partial charge in [0.2, 0.25) is 0 Å². The summed E-state index contributed by atoms with van der Waals surface area (Å²) in [6.07, 6.45) is 61.7. The molecule has 0 bridgehead atoms. The van der Waals surface area contributed by atoms with E-state index in [0.29, 0.717) is 25.7 Å². The standard InChI is InChI=1S/C78H152O17P2/c1-6-9-12-15-17-19-21-23-25-27-29-30-32-34-36-38-40-44-48-53-58-63-77(82)95-74(68-89-76(81)62-57-52-47-43-39-37-35-33-31-28-26-24-22-20-18-16-13-10-7-2)70-93-97(86,87)91-66-72(79)65-90-96(84,85)92-69-73(67-88-75(80)61-56-50-14-11-8-3)94-78(83)64-59-54-49-45-41-42-46-51-55-60-71(4)5/h71-74,79H,6-70H2,1-5H3,(H,84,85)(H,86,87)/t72-,73+,74+/m0/s1. The number of phosphoric ester groups is 2. The third kappa shape index (κ3) is 72.2. The lowest BCUT2D eigenvalue weighted by Gasteiger charge is -2.21. The Morgan fingerprint density at radius 2 is 0.474 bits per heavy atom. The zero-order valence-corrected chi connectivity index (χ0v) is 65.0. The number of unbranched alkanes of at least 4 members (excludes halogenated alkanes) is 50. The largest absolute Gasteiger partial charge is 0.472 e. The van der Waals surface area contributed by atoms with Crippen LogP contribution in [0.5, 0.6) is 0 Å². The maximum absolute atomic E-state index is 13.1. The zero-order valence-electron chi connectivity index (χ0n) is 63.2. The van der Waals surface area contributed by atoms with E-state index in [0.717, 1.165) is 102 Å². The molecular weight excluding hydrogens is 1270 g/mol. The number of hydrogen-bond donors (Lipinski definition) is 3. The van der Waals surface area contributed by atoms with Crippen molar-refractivity contribution in [1.29, 1.82) is 0 Å². The molecular formula is C78H152O17P2. The van der Waals surface area contributed by atoms with Gasteiger partial charge in [-0.3, -0.25) is 37.3 Å². The Labute approximate surface area is 594 Å². The summed E-state index contributed by atoms with van der Waals surface area (Å²) < 4.78 is 68.3. The second-order valence-corrected chi connectivity index (χ2v) is 31.5. The van der Waals surface area contributed by atoms with Crippen LogP contribution in [0.3, 0.4) is 0 Å². The van der Waals surface area contributed by atoms with E-state index in [1.165, 1.54) is 231 Å². The van der Waals surface area contributed by atoms with Crippen LogP contribution in [0.1, 0.15) is 413 Å². The maximum Gasteiger partial charge on any atom is 0.472 e. The van der Waals surface area contributed by atoms with Crippen molar-refractivity contribution in [3.8, 4) is 0 Å². The van der Waals surface area contributed by atoms with Crippen molar-refractivity contribution in [2.24, 2.45) is 5.92 Å². The van der Waals surface area contributed by atoms with Gasteiger partial charge in [-0.05, 0) is 31.6 Å². The molecule has 19 heteroatoms. The molecule has 5 atom stereocenters. The molecule has 0 heterocycles. The fourth-order valence-electron chi connectivity index (χ4n) is 12.1. The van der Waals surface area contributed by atoms with Gasteiger partial charge in [-0.15, -0.1) is 0 Å². The van der Waals surface area contributed by atoms with Gasteiger partial charge in [-0.1, -0.05) is 362 Å². The monoisotopic (exact) mass is 1420 g/mol. The fourth-order valence-corrected chi connectivity index (χ4v) is 13.6. The fraction of sp³-hybridized carbons (Fsp3) is 0.949. The first-order valence-electron chi connectivity index (χ1n) is 40.6. The molecule has 0 rings (SSSR count). The van der Waals surface area contributed by atoms with Crippen molar-refractivity contribution in [2.45, 2.75) is 432 Å². The lowest BCUT2D eigenvalue weighted by Crippen LogP contribution is -2.30. The normalized spacial score (nSPS) is 13.9. The molecule has 17 nitrogen and oxygen atoms in total. The minimum Gasteiger partial charge on any atom is -0.462 e. The van der Waals surface area contributed by atoms with Gasteiger partial charge in [0.1, 0.15) is 19.3 Å². The van der Waals surface area contributed by atoms with Crippen LogP contribution < -0.4 is 0 Å². The van der Waals surface area contributed by atoms with Crippen molar-refractivity contribution in [2.75, 3.05) is 39.6 Å². The first-order valence-corrected chi connectivity index (χ1v) is 43.6. The van der Waals surface area contributed by atoms with Crippen LogP contribution in [0, 0.1) is 5.92 Å². The Morgan fingerprint density at radius 1 is 0.278 bits per heavy atom. The third-order valence-corrected chi connectivity index (χ3v) is 20.2. The molecule has 97 heavy (non-hydrogen) atoms. The highest BCUT2D eigenvalue weighted by Crippen LogP contribution is 2.45. The first-order chi connectivity index (χ1) is 47.0. The molecule has 0 aromatic carbocycles. The van der Waals surface area contributed by atoms with Crippen molar-refractivity contribution in [1.82, 2.24) is 0 Å². The molecule has 0 aromatic rings. The van der Waals surface area contributed by atoms with Crippen molar-refractivity contribution in [3.63, 3.8) is 0 Å². The highest BCUT2D eigenvalue weighted by molar-refractivity contribution is 7.47. The van der Waals surface area contributed by atoms with Crippen LogP contribution >= 0.6 is 15.6 Å². The van der Waals surface area contributed by atoms with Crippen LogP contribution in [0.15, 0.2) is 0 Å². The predicted octanol–water partition coefficient (Wildman–Crippen LogP) is 23.3. The average molecular weight is 1420 g/mol. The van der Waals surface area contributed by atoms with Crippen LogP contribution in [0.4, 0.5) is 0 Å². The highest BCUT2D eigenvalue weighted by Gasteiger charge is 2.30. The van der Waals surface area contributed by atoms with Gasteiger partial charge in [0, 0.05) is 25.7 Å². The third-order valence-electron chi connectivity index (χ3n) is 18.3. The molecule has 0 aliphatic carbocycles. The molecule has 0 aromatic heterocycles. The minimum atomic E-state index is -4.96. The van der Waals surface area contributed by atoms with E-state index in [4.69, 9.17) is 37.0 Å². The van der Waals surface area contributed by atoms with E-state index in [1.54, 1.807) is 0 Å². The van der Waals surface area contributed by atoms with Gasteiger partial charge in [-0.25, -0.2) is 9.13 Å². The minimum absolute atomic E-state index is 0.105. The molecule has 0 amide bonds. The average Bonchev–Trinajstić information content (AvgIpc) is 1.43. The number of carbonyl (C=O) groups is 4. The Morgan fingerprint density at radius 3 is 0.701 bits per heavy atom. The molecule has 0 aliphatic rings. The summed E-state index contributed by atoms with van der Waals surface area (Å²) in [6.45, 7) is 7.18. The summed E-state index contributed by atoms with van der Waals surface area (Å²) in [5.74, 6) is -1.39. The highest BCUT2D eigenvalue weighted by atomic mass is 31.2. The van der Waals surface area contributed by atoms with Crippen molar-refractivity contribution >= 4 is 39.5 Å². The smallest absolute Gasteiger partial charge is 0.462 e. The van der Waals surface area contributed by atoms with Crippen LogP contribution in [0.25, 0.3) is 0 Å². The van der Waals surface area contributed by atoms with Gasteiger partial charge in [0.15, 0.2) is 12.2 Å². The molecule has 2 unspecified atom stereocenters. The van der Waals surface area contributed by atoms with Crippen LogP contribution in [-0.2, 0) is 65.4 Å². The van der Waals surface area contributed by atoms with E-state index in [1.807, 2.05) is 0 Å². The molecule has 0 fully saturated rings. The number of hydrogen-bond acceptors (Lipinski definition) is 15. The molecule has 0 saturated carbocycles. The number of esters is 4. The number of ether oxygens (including phenoxy) is 4. The lowest BCUT2D eigenvalue weighted by atomic mass is 10.0. The first kappa shape index (κ1) is 95.1. The topological polar surface area (TPSA) is 237 Å². The molecule has 576 valence electrons. The van der Waals surface area contributed by atoms with Crippen LogP contribution in [0.2, 0.25) is 0 Å². The number of carbonyl (C=O) groups excluding carboxylic acids is 4. The number of phosphoric acid groups is 2. The van der Waals surface area contributed by atoms with E-state index < -0.39 is 97.5 Å². The Kier molecular flexibility index (Phi) is 69.6. The maximum atomic E-state index is 13.1. The van der Waals surface area contributed by atoms with Crippen molar-refractivity contribution in [3.05, 3.63) is 0 Å². The van der Waals surface area contributed by atoms with Gasteiger partial charge in [0.05, 0.1) is 26.4 Å². The molecule has 0 radical (unpaired) electrons. The summed E-state index contributed by atoms with van der Waals surface area (Å²) in [5.41, 5.74) is 0. The summed E-state index contributed by atoms with van der Waals surface area (Å²) >= 11 is 0. The van der Waals surface area contributed by atoms with Gasteiger partial charge in [-0.2, -0.15) is 0 Å². The molecule has 0 saturated heterocycles. The predicted molar refractivity (Wildman–Crippen MR) is 395 cm³/mol. The van der Waals surface area contributed by atoms with E-state index in [-0.39, 0.29) is 25.7 Å². The van der Waals surface area contributed by atoms with E-state index in [2.05, 4.69) is 34.6 Å². The van der Waals surface area contributed by atoms with E-state index in [9.17, 15) is 43.2 Å². The van der Waals surface area contributed by atoms with E-state index >= 15 is 0 Å². The molecule has 3 N–H and O–H groups in total. The SMILES string of the molecule is CCCCCCCCCCCCCCCCCCCCCCCC(=O)O[C@H](COC(=O)CCCCCCCCCCCCCCCCCCCCC)COP(=O)(O)OC[C@@H](O)COP(=O)(O)OC[C@@H](COC(=O)CCCCCCC)OC(=O)CCCCCCCCCCCC(C)C. The van der Waals surface area contributed by atoms with Crippen LogP contribution in [-0.4, -0.2) is 96.7 Å². The Hall–Kier alpha value is -1.94. The number of aliphatic hydroxyl groups excluding tert-OH is 1. The van der Waals surface area contributed by atoms with Gasteiger partial charge < -0.3 is 33.8 Å². The second kappa shape index (κ2) is 71.1. The summed E-state index contributed by atoms with van der Waals surface area (Å²) in [5, 5.41) is 10.6. The van der Waals surface area contributed by atoms with Gasteiger partial charge in [0.25, 0.3) is 0 Å². The van der Waals surface area contributed by atoms with Crippen molar-refractivity contribution < 1.29 is 80.2 Å². The quantitative estimate of drug-likeness (QED) is 0.0222. The lowest BCUT2D eigenvalue weighted by molar-refractivity contribution is -0.161. The Bertz CT molecular complexity index is 1860. The summed E-state index contributed by atoms with van der Waals surface area (Å²) in [7, 11) is -9.90. The summed E-state index contributed by atoms with van der Waals surface area (Å²) in [6, 6.07) is 0. The Balaban J connectivity index is 5.11. The zero-order chi connectivity index (χ0) is 71.2. The second-order valence-electron chi connectivity index (χ2n) is 28.6. The molecule has 0 aliphatic heterocycles.